The minimum absolute atomic E-state index is 0.114. The average Bonchev–Trinajstić information content (AvgIpc) is 3.31. The zero-order chi connectivity index (χ0) is 18.7. The molecule has 3 heterocycles. The second-order valence-electron chi connectivity index (χ2n) is 5.71. The molecular formula is C18H19N3O3S2. The maximum absolute atomic E-state index is 12.4. The van der Waals surface area contributed by atoms with Crippen molar-refractivity contribution in [3.05, 3.63) is 44.7 Å². The van der Waals surface area contributed by atoms with Crippen LogP contribution in [0.15, 0.2) is 28.0 Å². The molecule has 0 saturated carbocycles. The van der Waals surface area contributed by atoms with Crippen molar-refractivity contribution in [1.29, 1.82) is 0 Å². The molecule has 26 heavy (non-hydrogen) atoms. The number of thiophene rings is 1. The normalized spacial score (nSPS) is 10.7. The van der Waals surface area contributed by atoms with Gasteiger partial charge in [-0.3, -0.25) is 14.9 Å². The van der Waals surface area contributed by atoms with Crippen molar-refractivity contribution in [2.45, 2.75) is 33.7 Å². The van der Waals surface area contributed by atoms with E-state index in [4.69, 9.17) is 4.42 Å². The number of thiazole rings is 1. The molecule has 2 amide bonds. The molecule has 0 bridgehead atoms. The second kappa shape index (κ2) is 7.84. The Balaban J connectivity index is 1.67. The first-order valence-corrected chi connectivity index (χ1v) is 9.85. The third-order valence-corrected chi connectivity index (χ3v) is 5.62. The van der Waals surface area contributed by atoms with E-state index in [0.717, 1.165) is 6.42 Å². The summed E-state index contributed by atoms with van der Waals surface area (Å²) in [4.78, 5) is 29.6. The standard InChI is InChI=1S/C18H19N3O3S2/c1-4-12-7-16(26-10(12)2)17(23)21-18-20-14(9-25-18)15-6-5-13(24-15)8-19-11(3)22/h5-7,9H,4,8H2,1-3H3,(H,19,22)(H,20,21,23). The lowest BCUT2D eigenvalue weighted by Gasteiger charge is -1.98. The average molecular weight is 390 g/mol. The summed E-state index contributed by atoms with van der Waals surface area (Å²) in [7, 11) is 0. The van der Waals surface area contributed by atoms with Crippen molar-refractivity contribution < 1.29 is 14.0 Å². The highest BCUT2D eigenvalue weighted by atomic mass is 32.1. The van der Waals surface area contributed by atoms with E-state index >= 15 is 0 Å². The molecule has 0 aliphatic carbocycles. The monoisotopic (exact) mass is 389 g/mol. The Morgan fingerprint density at radius 2 is 2.12 bits per heavy atom. The van der Waals surface area contributed by atoms with Crippen LogP contribution in [0.2, 0.25) is 0 Å². The lowest BCUT2D eigenvalue weighted by atomic mass is 10.2. The Morgan fingerprint density at radius 1 is 1.31 bits per heavy atom. The summed E-state index contributed by atoms with van der Waals surface area (Å²) in [6.45, 7) is 5.89. The molecule has 0 unspecified atom stereocenters. The molecule has 6 nitrogen and oxygen atoms in total. The van der Waals surface area contributed by atoms with Crippen LogP contribution in [0.4, 0.5) is 5.13 Å². The van der Waals surface area contributed by atoms with E-state index < -0.39 is 0 Å². The fourth-order valence-corrected chi connectivity index (χ4v) is 4.11. The summed E-state index contributed by atoms with van der Waals surface area (Å²) in [6, 6.07) is 5.53. The van der Waals surface area contributed by atoms with Gasteiger partial charge in [0.1, 0.15) is 11.5 Å². The van der Waals surface area contributed by atoms with Gasteiger partial charge in [-0.25, -0.2) is 4.98 Å². The summed E-state index contributed by atoms with van der Waals surface area (Å²) < 4.78 is 5.68. The maximum atomic E-state index is 12.4. The number of carbonyl (C=O) groups is 2. The van der Waals surface area contributed by atoms with Gasteiger partial charge in [0.15, 0.2) is 10.9 Å². The van der Waals surface area contributed by atoms with Crippen molar-refractivity contribution in [3.8, 4) is 11.5 Å². The van der Waals surface area contributed by atoms with Crippen LogP contribution in [0, 0.1) is 6.92 Å². The van der Waals surface area contributed by atoms with E-state index in [1.165, 1.54) is 40.0 Å². The smallest absolute Gasteiger partial charge is 0.267 e. The van der Waals surface area contributed by atoms with Crippen molar-refractivity contribution in [2.24, 2.45) is 0 Å². The SMILES string of the molecule is CCc1cc(C(=O)Nc2nc(-c3ccc(CNC(C)=O)o3)cs2)sc1C. The predicted octanol–water partition coefficient (Wildman–Crippen LogP) is 4.22. The van der Waals surface area contributed by atoms with Gasteiger partial charge in [-0.2, -0.15) is 0 Å². The number of nitrogens with one attached hydrogen (secondary N) is 2. The van der Waals surface area contributed by atoms with Crippen molar-refractivity contribution in [2.75, 3.05) is 5.32 Å². The van der Waals surface area contributed by atoms with E-state index in [9.17, 15) is 9.59 Å². The molecule has 0 aliphatic rings. The number of hydrogen-bond acceptors (Lipinski definition) is 6. The van der Waals surface area contributed by atoms with Gasteiger partial charge in [0.2, 0.25) is 5.91 Å². The maximum Gasteiger partial charge on any atom is 0.267 e. The van der Waals surface area contributed by atoms with Crippen LogP contribution in [0.25, 0.3) is 11.5 Å². The van der Waals surface area contributed by atoms with E-state index in [1.54, 1.807) is 12.1 Å². The third-order valence-electron chi connectivity index (χ3n) is 3.78. The van der Waals surface area contributed by atoms with Crippen LogP contribution in [0.5, 0.6) is 0 Å². The van der Waals surface area contributed by atoms with Crippen LogP contribution in [-0.2, 0) is 17.8 Å². The lowest BCUT2D eigenvalue weighted by molar-refractivity contribution is -0.119. The molecule has 2 N–H and O–H groups in total. The zero-order valence-electron chi connectivity index (χ0n) is 14.7. The number of furan rings is 1. The van der Waals surface area contributed by atoms with Crippen LogP contribution in [0.1, 0.15) is 39.7 Å². The topological polar surface area (TPSA) is 84.2 Å². The second-order valence-corrected chi connectivity index (χ2v) is 7.83. The lowest BCUT2D eigenvalue weighted by Crippen LogP contribution is -2.18. The number of carbonyl (C=O) groups excluding carboxylic acids is 2. The number of anilines is 1. The summed E-state index contributed by atoms with van der Waals surface area (Å²) in [5.41, 5.74) is 1.85. The fraction of sp³-hybridized carbons (Fsp3) is 0.278. The number of aromatic nitrogens is 1. The predicted molar refractivity (Wildman–Crippen MR) is 104 cm³/mol. The van der Waals surface area contributed by atoms with Crippen molar-refractivity contribution in [3.63, 3.8) is 0 Å². The van der Waals surface area contributed by atoms with Crippen LogP contribution >= 0.6 is 22.7 Å². The molecule has 3 aromatic heterocycles. The van der Waals surface area contributed by atoms with Gasteiger partial charge < -0.3 is 9.73 Å². The minimum atomic E-state index is -0.149. The molecule has 0 saturated heterocycles. The fourth-order valence-electron chi connectivity index (χ4n) is 2.41. The summed E-state index contributed by atoms with van der Waals surface area (Å²) >= 11 is 2.84. The summed E-state index contributed by atoms with van der Waals surface area (Å²) in [5, 5.41) is 7.87. The van der Waals surface area contributed by atoms with Crippen molar-refractivity contribution >= 4 is 39.6 Å². The van der Waals surface area contributed by atoms with Crippen LogP contribution in [0.3, 0.4) is 0 Å². The Hall–Kier alpha value is -2.45. The van der Waals surface area contributed by atoms with E-state index in [2.05, 4.69) is 22.5 Å². The Bertz CT molecular complexity index is 939. The molecule has 0 spiro atoms. The number of nitrogens with zero attached hydrogens (tertiary/aromatic N) is 1. The molecule has 3 aromatic rings. The molecule has 3 rings (SSSR count). The van der Waals surface area contributed by atoms with Crippen LogP contribution < -0.4 is 10.6 Å². The first kappa shape index (κ1) is 18.3. The van der Waals surface area contributed by atoms with Crippen molar-refractivity contribution in [1.82, 2.24) is 10.3 Å². The van der Waals surface area contributed by atoms with Gasteiger partial charge in [0.25, 0.3) is 5.91 Å². The molecule has 0 aromatic carbocycles. The Morgan fingerprint density at radius 3 is 2.81 bits per heavy atom. The first-order valence-electron chi connectivity index (χ1n) is 8.16. The molecule has 0 fully saturated rings. The Kier molecular flexibility index (Phi) is 5.53. The highest BCUT2D eigenvalue weighted by Crippen LogP contribution is 2.28. The van der Waals surface area contributed by atoms with Gasteiger partial charge in [0, 0.05) is 17.2 Å². The van der Waals surface area contributed by atoms with Gasteiger partial charge in [0.05, 0.1) is 11.4 Å². The molecule has 0 atom stereocenters. The number of rotatable bonds is 6. The molecular weight excluding hydrogens is 370 g/mol. The quantitative estimate of drug-likeness (QED) is 0.661. The first-order chi connectivity index (χ1) is 12.5. The summed E-state index contributed by atoms with van der Waals surface area (Å²) in [5.74, 6) is 0.985. The van der Waals surface area contributed by atoms with Gasteiger partial charge in [-0.05, 0) is 37.1 Å². The van der Waals surface area contributed by atoms with Gasteiger partial charge >= 0.3 is 0 Å². The molecule has 0 radical (unpaired) electrons. The van der Waals surface area contributed by atoms with E-state index in [0.29, 0.717) is 33.8 Å². The molecule has 8 heteroatoms. The van der Waals surface area contributed by atoms with E-state index in [-0.39, 0.29) is 11.8 Å². The Labute approximate surface area is 159 Å². The molecule has 0 aliphatic heterocycles. The van der Waals surface area contributed by atoms with Gasteiger partial charge in [-0.15, -0.1) is 22.7 Å². The largest absolute Gasteiger partial charge is 0.458 e. The summed E-state index contributed by atoms with van der Waals surface area (Å²) in [6.07, 6.45) is 0.913. The number of hydrogen-bond donors (Lipinski definition) is 2. The van der Waals surface area contributed by atoms with Gasteiger partial charge in [-0.1, -0.05) is 6.92 Å². The third kappa shape index (κ3) is 4.20. The van der Waals surface area contributed by atoms with E-state index in [1.807, 2.05) is 18.4 Å². The number of amides is 2. The highest BCUT2D eigenvalue weighted by molar-refractivity contribution is 7.15. The minimum Gasteiger partial charge on any atom is -0.458 e. The highest BCUT2D eigenvalue weighted by Gasteiger charge is 2.15. The molecule has 136 valence electrons. The number of aryl methyl sites for hydroxylation is 2. The van der Waals surface area contributed by atoms with Crippen LogP contribution in [-0.4, -0.2) is 16.8 Å². The zero-order valence-corrected chi connectivity index (χ0v) is 16.3.